The number of hydrogen-bond donors (Lipinski definition) is 0. The molecule has 6 heteroatoms. The van der Waals surface area contributed by atoms with E-state index in [2.05, 4.69) is 526 Å². The Morgan fingerprint density at radius 2 is 0.409 bits per heavy atom. The first-order valence-electron chi connectivity index (χ1n) is 48.1. The van der Waals surface area contributed by atoms with Crippen LogP contribution in [-0.2, 0) is 23.7 Å². The van der Waals surface area contributed by atoms with E-state index in [4.69, 9.17) is 0 Å². The zero-order valence-corrected chi connectivity index (χ0v) is 77.9. The minimum absolute atomic E-state index is 0.413. The fraction of sp³-hybridized carbons (Fsp3) is 0.0840. The van der Waals surface area contributed by atoms with Crippen molar-refractivity contribution in [2.75, 3.05) is 35.8 Å². The summed E-state index contributed by atoms with van der Waals surface area (Å²) < 4.78 is 7.23. The van der Waals surface area contributed by atoms with Crippen molar-refractivity contribution in [3.05, 3.63) is 522 Å². The summed E-state index contributed by atoms with van der Waals surface area (Å²) in [5.41, 5.74) is 48.6. The predicted octanol–water partition coefficient (Wildman–Crippen LogP) is 33.4. The quantitative estimate of drug-likeness (QED) is 0.115. The van der Waals surface area contributed by atoms with Crippen LogP contribution in [0.5, 0.6) is 0 Å². The van der Waals surface area contributed by atoms with E-state index in [9.17, 15) is 0 Å². The van der Waals surface area contributed by atoms with Crippen LogP contribution in [0.4, 0.5) is 34.1 Å². The van der Waals surface area contributed by atoms with Gasteiger partial charge < -0.3 is 28.4 Å². The molecule has 23 aromatic rings. The largest absolute Gasteiger partial charge is 0.345 e. The second-order valence-electron chi connectivity index (χ2n) is 37.4. The number of benzene rings is 20. The van der Waals surface area contributed by atoms with E-state index in [1.807, 2.05) is 6.07 Å². The van der Waals surface area contributed by atoms with Crippen LogP contribution >= 0.6 is 0 Å². The molecule has 3 aromatic heterocycles. The van der Waals surface area contributed by atoms with Gasteiger partial charge >= 0.3 is 0 Å². The molecule has 0 unspecified atom stereocenters. The smallest absolute Gasteiger partial charge is 0.0725 e. The molecule has 0 atom stereocenters. The molecule has 2 spiro atoms. The van der Waals surface area contributed by atoms with E-state index >= 15 is 0 Å². The molecular weight excluding hydrogens is 1660 g/mol. The third kappa shape index (κ3) is 13.0. The van der Waals surface area contributed by atoms with Crippen LogP contribution < -0.4 is 14.7 Å². The van der Waals surface area contributed by atoms with Crippen molar-refractivity contribution in [2.45, 2.75) is 51.4 Å². The highest BCUT2D eigenvalue weighted by Crippen LogP contribution is 2.65. The van der Waals surface area contributed by atoms with E-state index in [1.165, 1.54) is 233 Å². The lowest BCUT2D eigenvalue weighted by molar-refractivity contribution is 0.794. The maximum atomic E-state index is 2.51. The van der Waals surface area contributed by atoms with E-state index in [0.717, 1.165) is 29.9 Å². The molecule has 0 radical (unpaired) electrons. The monoisotopic (exact) mass is 1760 g/mol. The van der Waals surface area contributed by atoms with Gasteiger partial charge in [-0.25, -0.2) is 0 Å². The summed E-state index contributed by atoms with van der Waals surface area (Å²) in [7, 11) is 6.36. The topological polar surface area (TPSA) is 24.5 Å². The molecule has 4 aliphatic rings. The third-order valence-corrected chi connectivity index (χ3v) is 30.1. The molecule has 20 aromatic carbocycles. The summed E-state index contributed by atoms with van der Waals surface area (Å²) in [5.74, 6) is 0. The van der Waals surface area contributed by atoms with Crippen molar-refractivity contribution in [3.63, 3.8) is 0 Å². The summed E-state index contributed by atoms with van der Waals surface area (Å²) in [6, 6.07) is 169. The Morgan fingerprint density at radius 3 is 0.693 bits per heavy atom. The zero-order valence-electron chi connectivity index (χ0n) is 77.9. The Morgan fingerprint density at radius 1 is 0.190 bits per heavy atom. The molecule has 0 bridgehead atoms. The highest BCUT2D eigenvalue weighted by atomic mass is 15.1. The van der Waals surface area contributed by atoms with Gasteiger partial charge in [0.1, 0.15) is 0 Å². The Balaban J connectivity index is 0.000000135. The SMILES string of the molecule is CCc1ccc2c(c1)c1cc(CC)ccc1n2-c1ccc(N(C)c2ccccc2)cc1.CN(c1ccccc1)c1ccc(-n2c3ccc(-c4ccc5c(c4)C4(c6ccccc6-c6ccccc64)c4ccccc4-5)cc3c3cc(-c4ccc5c(c4)C4(c6ccccc6-c6ccccc64)c4ccccc4-5)ccc32)cc1.Cc1ccc2c(c1)c1cc(C)ccc1n2-c1ccc(N(C)c2ccccc2)cc1. The third-order valence-electron chi connectivity index (χ3n) is 30.1. The Hall–Kier alpha value is -16.8. The minimum atomic E-state index is -0.413. The van der Waals surface area contributed by atoms with Gasteiger partial charge in [-0.2, -0.15) is 0 Å². The van der Waals surface area contributed by atoms with Gasteiger partial charge in [0.05, 0.1) is 43.9 Å². The molecule has 0 N–H and O–H groups in total. The molecule has 4 aliphatic carbocycles. The van der Waals surface area contributed by atoms with E-state index in [1.54, 1.807) is 0 Å². The lowest BCUT2D eigenvalue weighted by Gasteiger charge is -2.30. The second kappa shape index (κ2) is 32.8. The van der Waals surface area contributed by atoms with E-state index in [0.29, 0.717) is 0 Å². The predicted molar refractivity (Wildman–Crippen MR) is 578 cm³/mol. The Bertz CT molecular complexity index is 8230. The normalized spacial score (nSPS) is 12.8. The van der Waals surface area contributed by atoms with Gasteiger partial charge in [-0.15, -0.1) is 0 Å². The molecule has 0 fully saturated rings. The van der Waals surface area contributed by atoms with Gasteiger partial charge in [0.25, 0.3) is 0 Å². The van der Waals surface area contributed by atoms with Crippen molar-refractivity contribution in [1.82, 2.24) is 13.7 Å². The molecule has 0 saturated carbocycles. The number of nitrogens with zero attached hydrogens (tertiary/aromatic N) is 6. The maximum Gasteiger partial charge on any atom is 0.0725 e. The van der Waals surface area contributed by atoms with Gasteiger partial charge in [0.15, 0.2) is 0 Å². The molecule has 0 amide bonds. The number of anilines is 6. The highest BCUT2D eigenvalue weighted by Gasteiger charge is 2.53. The van der Waals surface area contributed by atoms with Gasteiger partial charge in [-0.05, 0) is 343 Å². The molecular formula is C131H100N6. The number of rotatable bonds is 13. The number of hydrogen-bond acceptors (Lipinski definition) is 3. The molecule has 6 nitrogen and oxygen atoms in total. The standard InChI is InChI=1S/C75H48N2.C29H28N2.C27H24N2/c1-76(51-17-3-2-4-18-51)52-35-37-53(38-36-52)77-72-41-33-47(49-31-39-60-58-23-9-15-29-68(58)74(70(60)45-49)64-25-11-5-19-54(64)55-20-6-12-26-65(55)74)43-62(72)63-44-48(34-42-73(63)77)50-32-40-61-59-24-10-16-30-69(59)75(71(61)46-50)66-27-13-7-21-56(66)57-22-8-14-28-67(57)75;1-4-21-11-17-28-26(19-21)27-20-22(5-2)12-18-29(27)31(28)25-15-13-24(14-16-25)30(3)23-9-7-6-8-10-23;1-19-9-15-26-24(17-19)25-18-20(2)10-16-27(25)29(26)23-13-11-22(12-14-23)28(3)21-7-5-4-6-8-21/h2-46H,1H3;6-20H,4-5H2,1-3H3;4-18H,1-3H3. The summed E-state index contributed by atoms with van der Waals surface area (Å²) in [6.07, 6.45) is 2.10. The average molecular weight is 1760 g/mol. The van der Waals surface area contributed by atoms with Crippen molar-refractivity contribution in [1.29, 1.82) is 0 Å². The average Bonchev–Trinajstić information content (AvgIpc) is 1.51. The van der Waals surface area contributed by atoms with Gasteiger partial charge in [-0.3, -0.25) is 0 Å². The number of aromatic nitrogens is 3. The van der Waals surface area contributed by atoms with Crippen molar-refractivity contribution in [3.8, 4) is 83.8 Å². The van der Waals surface area contributed by atoms with Crippen LogP contribution in [0.15, 0.2) is 455 Å². The van der Waals surface area contributed by atoms with Crippen LogP contribution in [0, 0.1) is 13.8 Å². The number of fused-ring (bicyclic) bond motifs is 29. The van der Waals surface area contributed by atoms with Gasteiger partial charge in [0, 0.05) is 105 Å². The van der Waals surface area contributed by atoms with Crippen molar-refractivity contribution < 1.29 is 0 Å². The first-order valence-corrected chi connectivity index (χ1v) is 48.1. The van der Waals surface area contributed by atoms with Crippen molar-refractivity contribution in [2.24, 2.45) is 0 Å². The Labute approximate surface area is 800 Å². The van der Waals surface area contributed by atoms with Crippen LogP contribution in [0.3, 0.4) is 0 Å². The molecule has 0 saturated heterocycles. The first-order chi connectivity index (χ1) is 67.4. The molecule has 137 heavy (non-hydrogen) atoms. The second-order valence-corrected chi connectivity index (χ2v) is 37.4. The zero-order chi connectivity index (χ0) is 91.9. The Kier molecular flexibility index (Phi) is 19.7. The first kappa shape index (κ1) is 82.1. The molecule has 654 valence electrons. The fourth-order valence-corrected chi connectivity index (χ4v) is 23.5. The van der Waals surface area contributed by atoms with Crippen LogP contribution in [0.1, 0.15) is 80.6 Å². The summed E-state index contributed by atoms with van der Waals surface area (Å²) in [6.45, 7) is 8.76. The van der Waals surface area contributed by atoms with E-state index < -0.39 is 10.8 Å². The van der Waals surface area contributed by atoms with Crippen LogP contribution in [0.25, 0.3) is 149 Å². The lowest BCUT2D eigenvalue weighted by atomic mass is 9.70. The number of aryl methyl sites for hydroxylation is 4. The fourth-order valence-electron chi connectivity index (χ4n) is 23.5. The number of para-hydroxylation sites is 3. The summed E-state index contributed by atoms with van der Waals surface area (Å²) in [5, 5.41) is 7.76. The van der Waals surface area contributed by atoms with Crippen molar-refractivity contribution >= 4 is 99.5 Å². The van der Waals surface area contributed by atoms with Crippen LogP contribution in [0.2, 0.25) is 0 Å². The highest BCUT2D eigenvalue weighted by molar-refractivity contribution is 6.14. The van der Waals surface area contributed by atoms with Gasteiger partial charge in [0.2, 0.25) is 0 Å². The summed E-state index contributed by atoms with van der Waals surface area (Å²) in [4.78, 5) is 6.68. The maximum absolute atomic E-state index is 2.51. The molecule has 27 rings (SSSR count). The van der Waals surface area contributed by atoms with Gasteiger partial charge in [-0.1, -0.05) is 286 Å². The minimum Gasteiger partial charge on any atom is -0.345 e. The molecule has 3 heterocycles. The summed E-state index contributed by atoms with van der Waals surface area (Å²) >= 11 is 0. The van der Waals surface area contributed by atoms with E-state index in [-0.39, 0.29) is 0 Å². The molecule has 0 aliphatic heterocycles. The lowest BCUT2D eigenvalue weighted by Crippen LogP contribution is -2.25. The van der Waals surface area contributed by atoms with Crippen LogP contribution in [-0.4, -0.2) is 34.8 Å².